The van der Waals surface area contributed by atoms with E-state index in [4.69, 9.17) is 4.98 Å². The van der Waals surface area contributed by atoms with Crippen LogP contribution in [0.25, 0.3) is 5.69 Å². The van der Waals surface area contributed by atoms with Gasteiger partial charge >= 0.3 is 0 Å². The molecule has 3 rings (SSSR count). The summed E-state index contributed by atoms with van der Waals surface area (Å²) in [4.78, 5) is 11.0. The second kappa shape index (κ2) is 7.23. The van der Waals surface area contributed by atoms with Crippen LogP contribution < -0.4 is 0 Å². The molecule has 2 aromatic heterocycles. The highest BCUT2D eigenvalue weighted by molar-refractivity contribution is 7.09. The molecule has 0 bridgehead atoms. The lowest BCUT2D eigenvalue weighted by Gasteiger charge is -2.24. The van der Waals surface area contributed by atoms with Gasteiger partial charge in [0.05, 0.1) is 16.4 Å². The minimum atomic E-state index is 0.319. The molecule has 0 N–H and O–H groups in total. The van der Waals surface area contributed by atoms with Crippen molar-refractivity contribution in [1.29, 1.82) is 0 Å². The molecule has 6 heteroatoms. The van der Waals surface area contributed by atoms with Gasteiger partial charge in [0, 0.05) is 23.9 Å². The second-order valence-electron chi connectivity index (χ2n) is 6.35. The number of aromatic nitrogens is 4. The van der Waals surface area contributed by atoms with Gasteiger partial charge in [-0.05, 0) is 31.7 Å². The Labute approximate surface area is 147 Å². The molecule has 0 saturated carbocycles. The van der Waals surface area contributed by atoms with Gasteiger partial charge in [-0.1, -0.05) is 26.0 Å². The quantitative estimate of drug-likeness (QED) is 0.679. The summed E-state index contributed by atoms with van der Waals surface area (Å²) in [5.41, 5.74) is 3.45. The van der Waals surface area contributed by atoms with Crippen molar-refractivity contribution in [2.45, 2.75) is 39.3 Å². The first-order valence-electron chi connectivity index (χ1n) is 8.14. The van der Waals surface area contributed by atoms with E-state index in [1.165, 1.54) is 10.6 Å². The van der Waals surface area contributed by atoms with Gasteiger partial charge in [-0.3, -0.25) is 4.90 Å². The van der Waals surface area contributed by atoms with E-state index in [0.717, 1.165) is 17.9 Å². The Bertz CT molecular complexity index is 761. The zero-order chi connectivity index (χ0) is 17.1. The summed E-state index contributed by atoms with van der Waals surface area (Å²) in [5, 5.41) is 7.54. The van der Waals surface area contributed by atoms with E-state index in [-0.39, 0.29) is 0 Å². The van der Waals surface area contributed by atoms with Gasteiger partial charge in [0.15, 0.2) is 0 Å². The molecule has 0 amide bonds. The molecule has 0 spiro atoms. The molecule has 2 heterocycles. The standard InChI is InChI=1S/C18H23N5S/c1-13(2)18-21-16(10-24-18)9-22(4)14(3)15-5-7-17(8-6-15)23-12-19-11-20-23/h5-8,10-14H,9H2,1-4H3/t14-/m0/s1. The SMILES string of the molecule is CC(C)c1nc(CN(C)[C@@H](C)c2ccc(-n3cncn3)cc2)cs1. The summed E-state index contributed by atoms with van der Waals surface area (Å²) < 4.78 is 1.76. The van der Waals surface area contributed by atoms with Gasteiger partial charge < -0.3 is 0 Å². The van der Waals surface area contributed by atoms with Gasteiger partial charge in [-0.25, -0.2) is 14.6 Å². The van der Waals surface area contributed by atoms with E-state index in [0.29, 0.717) is 12.0 Å². The van der Waals surface area contributed by atoms with Crippen LogP contribution in [0.2, 0.25) is 0 Å². The van der Waals surface area contributed by atoms with Crippen LogP contribution in [0.5, 0.6) is 0 Å². The number of benzene rings is 1. The maximum absolute atomic E-state index is 4.73. The molecule has 1 aromatic carbocycles. The lowest BCUT2D eigenvalue weighted by atomic mass is 10.1. The summed E-state index contributed by atoms with van der Waals surface area (Å²) in [6.07, 6.45) is 3.25. The third-order valence-electron chi connectivity index (χ3n) is 4.19. The molecule has 0 aliphatic carbocycles. The van der Waals surface area contributed by atoms with Gasteiger partial charge in [-0.15, -0.1) is 11.3 Å². The highest BCUT2D eigenvalue weighted by Gasteiger charge is 2.14. The van der Waals surface area contributed by atoms with Gasteiger partial charge in [0.2, 0.25) is 0 Å². The van der Waals surface area contributed by atoms with E-state index in [9.17, 15) is 0 Å². The van der Waals surface area contributed by atoms with Crippen molar-refractivity contribution < 1.29 is 0 Å². The Hall–Kier alpha value is -2.05. The molecule has 0 aliphatic rings. The van der Waals surface area contributed by atoms with E-state index in [1.54, 1.807) is 28.7 Å². The van der Waals surface area contributed by atoms with Crippen molar-refractivity contribution in [2.75, 3.05) is 7.05 Å². The molecule has 0 aliphatic heterocycles. The third-order valence-corrected chi connectivity index (χ3v) is 5.39. The minimum Gasteiger partial charge on any atom is -0.294 e. The Balaban J connectivity index is 1.67. The highest BCUT2D eigenvalue weighted by Crippen LogP contribution is 2.24. The van der Waals surface area contributed by atoms with Crippen LogP contribution in [0.3, 0.4) is 0 Å². The maximum Gasteiger partial charge on any atom is 0.138 e. The van der Waals surface area contributed by atoms with Crippen molar-refractivity contribution in [3.8, 4) is 5.69 Å². The molecular weight excluding hydrogens is 318 g/mol. The predicted molar refractivity (Wildman–Crippen MR) is 97.4 cm³/mol. The summed E-state index contributed by atoms with van der Waals surface area (Å²) >= 11 is 1.75. The lowest BCUT2D eigenvalue weighted by molar-refractivity contribution is 0.250. The topological polar surface area (TPSA) is 46.8 Å². The zero-order valence-corrected chi connectivity index (χ0v) is 15.4. The van der Waals surface area contributed by atoms with Gasteiger partial charge in [0.1, 0.15) is 12.7 Å². The molecule has 1 atom stereocenters. The Morgan fingerprint density at radius 1 is 1.17 bits per heavy atom. The van der Waals surface area contributed by atoms with Crippen molar-refractivity contribution in [2.24, 2.45) is 0 Å². The average Bonchev–Trinajstić information content (AvgIpc) is 3.26. The largest absolute Gasteiger partial charge is 0.294 e. The zero-order valence-electron chi connectivity index (χ0n) is 14.5. The summed E-state index contributed by atoms with van der Waals surface area (Å²) in [7, 11) is 2.14. The molecule has 5 nitrogen and oxygen atoms in total. The summed E-state index contributed by atoms with van der Waals surface area (Å²) in [6, 6.07) is 8.78. The van der Waals surface area contributed by atoms with Crippen LogP contribution in [-0.4, -0.2) is 31.7 Å². The molecule has 0 fully saturated rings. The van der Waals surface area contributed by atoms with Crippen molar-refractivity contribution in [1.82, 2.24) is 24.6 Å². The smallest absolute Gasteiger partial charge is 0.138 e. The number of hydrogen-bond donors (Lipinski definition) is 0. The first-order chi connectivity index (χ1) is 11.5. The van der Waals surface area contributed by atoms with E-state index < -0.39 is 0 Å². The van der Waals surface area contributed by atoms with Crippen LogP contribution in [-0.2, 0) is 6.54 Å². The van der Waals surface area contributed by atoms with Crippen LogP contribution in [0.15, 0.2) is 42.3 Å². The number of thiazole rings is 1. The lowest BCUT2D eigenvalue weighted by Crippen LogP contribution is -2.22. The normalized spacial score (nSPS) is 12.9. The third kappa shape index (κ3) is 3.71. The monoisotopic (exact) mass is 341 g/mol. The molecular formula is C18H23N5S. The Morgan fingerprint density at radius 2 is 1.92 bits per heavy atom. The number of nitrogens with zero attached hydrogens (tertiary/aromatic N) is 5. The van der Waals surface area contributed by atoms with Crippen LogP contribution in [0.1, 0.15) is 49.0 Å². The molecule has 24 heavy (non-hydrogen) atoms. The van der Waals surface area contributed by atoms with Crippen molar-refractivity contribution >= 4 is 11.3 Å². The fourth-order valence-corrected chi connectivity index (χ4v) is 3.38. The molecule has 0 unspecified atom stereocenters. The van der Waals surface area contributed by atoms with Crippen molar-refractivity contribution in [3.05, 3.63) is 58.6 Å². The Morgan fingerprint density at radius 3 is 2.50 bits per heavy atom. The van der Waals surface area contributed by atoms with E-state index in [1.807, 2.05) is 0 Å². The van der Waals surface area contributed by atoms with Gasteiger partial charge in [0.25, 0.3) is 0 Å². The average molecular weight is 341 g/mol. The van der Waals surface area contributed by atoms with Crippen LogP contribution >= 0.6 is 11.3 Å². The van der Waals surface area contributed by atoms with E-state index in [2.05, 4.69) is 72.4 Å². The van der Waals surface area contributed by atoms with Gasteiger partial charge in [-0.2, -0.15) is 5.10 Å². The van der Waals surface area contributed by atoms with Crippen molar-refractivity contribution in [3.63, 3.8) is 0 Å². The molecule has 0 saturated heterocycles. The first kappa shape index (κ1) is 16.8. The second-order valence-corrected chi connectivity index (χ2v) is 7.24. The fraction of sp³-hybridized carbons (Fsp3) is 0.389. The highest BCUT2D eigenvalue weighted by atomic mass is 32.1. The minimum absolute atomic E-state index is 0.319. The summed E-state index contributed by atoms with van der Waals surface area (Å²) in [6.45, 7) is 7.45. The maximum atomic E-state index is 4.73. The first-order valence-corrected chi connectivity index (χ1v) is 9.02. The van der Waals surface area contributed by atoms with Crippen LogP contribution in [0, 0.1) is 0 Å². The molecule has 3 aromatic rings. The molecule has 0 radical (unpaired) electrons. The number of hydrogen-bond acceptors (Lipinski definition) is 5. The number of rotatable bonds is 6. The van der Waals surface area contributed by atoms with E-state index >= 15 is 0 Å². The summed E-state index contributed by atoms with van der Waals surface area (Å²) in [5.74, 6) is 0.496. The predicted octanol–water partition coefficient (Wildman–Crippen LogP) is 4.04. The van der Waals surface area contributed by atoms with Crippen LogP contribution in [0.4, 0.5) is 0 Å². The fourth-order valence-electron chi connectivity index (χ4n) is 2.55. The molecule has 126 valence electrons. The Kier molecular flexibility index (Phi) is 5.06.